The van der Waals surface area contributed by atoms with Gasteiger partial charge in [0, 0.05) is 6.54 Å². The average Bonchev–Trinajstić information content (AvgIpc) is 2.27. The first-order valence-electron chi connectivity index (χ1n) is 7.15. The molecule has 0 aromatic carbocycles. The van der Waals surface area contributed by atoms with Gasteiger partial charge in [0.15, 0.2) is 0 Å². The van der Waals surface area contributed by atoms with Crippen LogP contribution < -0.4 is 5.32 Å². The maximum absolute atomic E-state index is 3.97. The van der Waals surface area contributed by atoms with Crippen LogP contribution in [0, 0.1) is 11.8 Å². The van der Waals surface area contributed by atoms with Crippen LogP contribution in [0.2, 0.25) is 0 Å². The molecule has 0 spiro atoms. The first kappa shape index (κ1) is 14.7. The van der Waals surface area contributed by atoms with Crippen molar-refractivity contribution < 1.29 is 0 Å². The normalized spacial score (nSPS) is 18.8. The van der Waals surface area contributed by atoms with Gasteiger partial charge in [-0.2, -0.15) is 0 Å². The zero-order valence-electron chi connectivity index (χ0n) is 12.0. The van der Waals surface area contributed by atoms with Gasteiger partial charge in [-0.15, -0.1) is 6.58 Å². The predicted octanol–water partition coefficient (Wildman–Crippen LogP) is 2.91. The fraction of sp³-hybridized carbons (Fsp3) is 0.867. The minimum Gasteiger partial charge on any atom is -0.316 e. The monoisotopic (exact) mass is 238 g/mol. The topological polar surface area (TPSA) is 15.3 Å². The van der Waals surface area contributed by atoms with Gasteiger partial charge < -0.3 is 10.2 Å². The SMILES string of the molecule is C=C(C)CCN1CCC(CNCC(C)C)CC1. The molecule has 1 N–H and O–H groups in total. The first-order valence-corrected chi connectivity index (χ1v) is 7.15. The van der Waals surface area contributed by atoms with E-state index in [-0.39, 0.29) is 0 Å². The lowest BCUT2D eigenvalue weighted by Crippen LogP contribution is -2.38. The van der Waals surface area contributed by atoms with E-state index in [9.17, 15) is 0 Å². The van der Waals surface area contributed by atoms with Crippen LogP contribution in [0.15, 0.2) is 12.2 Å². The summed E-state index contributed by atoms with van der Waals surface area (Å²) < 4.78 is 0. The van der Waals surface area contributed by atoms with Crippen LogP contribution in [-0.4, -0.2) is 37.6 Å². The molecule has 1 saturated heterocycles. The van der Waals surface area contributed by atoms with E-state index >= 15 is 0 Å². The molecule has 17 heavy (non-hydrogen) atoms. The number of hydrogen-bond acceptors (Lipinski definition) is 2. The maximum Gasteiger partial charge on any atom is 0.00184 e. The molecule has 1 aliphatic rings. The zero-order chi connectivity index (χ0) is 12.7. The molecule has 0 atom stereocenters. The molecule has 0 aromatic rings. The van der Waals surface area contributed by atoms with Gasteiger partial charge in [0.05, 0.1) is 0 Å². The molecule has 0 aliphatic carbocycles. The summed E-state index contributed by atoms with van der Waals surface area (Å²) in [7, 11) is 0. The van der Waals surface area contributed by atoms with Crippen LogP contribution in [-0.2, 0) is 0 Å². The fourth-order valence-electron chi connectivity index (χ4n) is 2.34. The fourth-order valence-corrected chi connectivity index (χ4v) is 2.34. The van der Waals surface area contributed by atoms with Crippen molar-refractivity contribution in [2.24, 2.45) is 11.8 Å². The van der Waals surface area contributed by atoms with Gasteiger partial charge in [-0.05, 0) is 64.2 Å². The second-order valence-electron chi connectivity index (χ2n) is 6.04. The number of nitrogens with zero attached hydrogens (tertiary/aromatic N) is 1. The molecule has 0 bridgehead atoms. The number of rotatable bonds is 7. The lowest BCUT2D eigenvalue weighted by atomic mass is 9.96. The number of nitrogens with one attached hydrogen (secondary N) is 1. The molecule has 100 valence electrons. The zero-order valence-corrected chi connectivity index (χ0v) is 12.0. The molecule has 2 nitrogen and oxygen atoms in total. The maximum atomic E-state index is 3.97. The van der Waals surface area contributed by atoms with Gasteiger partial charge in [-0.1, -0.05) is 19.4 Å². The van der Waals surface area contributed by atoms with Gasteiger partial charge >= 0.3 is 0 Å². The third kappa shape index (κ3) is 6.85. The summed E-state index contributed by atoms with van der Waals surface area (Å²) in [6.07, 6.45) is 3.89. The van der Waals surface area contributed by atoms with E-state index in [2.05, 4.69) is 37.6 Å². The summed E-state index contributed by atoms with van der Waals surface area (Å²) in [4.78, 5) is 2.59. The van der Waals surface area contributed by atoms with E-state index in [0.29, 0.717) is 0 Å². The van der Waals surface area contributed by atoms with Crippen LogP contribution in [0.25, 0.3) is 0 Å². The molecule has 1 fully saturated rings. The Morgan fingerprint density at radius 3 is 2.53 bits per heavy atom. The smallest absolute Gasteiger partial charge is 0.00184 e. The van der Waals surface area contributed by atoms with Crippen molar-refractivity contribution >= 4 is 0 Å². The molecular formula is C15H30N2. The molecule has 0 radical (unpaired) electrons. The van der Waals surface area contributed by atoms with Crippen LogP contribution in [0.3, 0.4) is 0 Å². The number of piperidine rings is 1. The van der Waals surface area contributed by atoms with Crippen LogP contribution in [0.1, 0.15) is 40.0 Å². The van der Waals surface area contributed by atoms with Gasteiger partial charge in [0.1, 0.15) is 0 Å². The Kier molecular flexibility index (Phi) is 6.83. The predicted molar refractivity (Wildman–Crippen MR) is 76.3 cm³/mol. The van der Waals surface area contributed by atoms with Crippen molar-refractivity contribution in [3.8, 4) is 0 Å². The Hall–Kier alpha value is -0.340. The molecule has 0 amide bonds. The van der Waals surface area contributed by atoms with Gasteiger partial charge in [0.2, 0.25) is 0 Å². The van der Waals surface area contributed by atoms with Crippen LogP contribution >= 0.6 is 0 Å². The Bertz CT molecular complexity index is 215. The molecule has 0 unspecified atom stereocenters. The van der Waals surface area contributed by atoms with Gasteiger partial charge in [-0.3, -0.25) is 0 Å². The summed E-state index contributed by atoms with van der Waals surface area (Å²) in [6.45, 7) is 16.8. The van der Waals surface area contributed by atoms with E-state index in [1.807, 2.05) is 0 Å². The minimum atomic E-state index is 0.769. The molecule has 1 rings (SSSR count). The molecule has 1 aliphatic heterocycles. The largest absolute Gasteiger partial charge is 0.316 e. The third-order valence-electron chi connectivity index (χ3n) is 3.55. The highest BCUT2D eigenvalue weighted by Gasteiger charge is 2.18. The Morgan fingerprint density at radius 1 is 1.35 bits per heavy atom. The molecule has 0 saturated carbocycles. The lowest BCUT2D eigenvalue weighted by Gasteiger charge is -2.32. The first-order chi connectivity index (χ1) is 8.08. The summed E-state index contributed by atoms with van der Waals surface area (Å²) in [5.41, 5.74) is 1.31. The van der Waals surface area contributed by atoms with Crippen molar-refractivity contribution in [1.82, 2.24) is 10.2 Å². The highest BCUT2D eigenvalue weighted by molar-refractivity contribution is 4.89. The van der Waals surface area contributed by atoms with Crippen molar-refractivity contribution in [3.05, 3.63) is 12.2 Å². The summed E-state index contributed by atoms with van der Waals surface area (Å²) >= 11 is 0. The molecule has 2 heteroatoms. The molecule has 1 heterocycles. The third-order valence-corrected chi connectivity index (χ3v) is 3.55. The highest BCUT2D eigenvalue weighted by atomic mass is 15.1. The second-order valence-corrected chi connectivity index (χ2v) is 6.04. The molecule has 0 aromatic heterocycles. The Labute approximate surface area is 107 Å². The summed E-state index contributed by atoms with van der Waals surface area (Å²) in [6, 6.07) is 0. The molecular weight excluding hydrogens is 208 g/mol. The second kappa shape index (κ2) is 7.88. The quantitative estimate of drug-likeness (QED) is 0.686. The van der Waals surface area contributed by atoms with Crippen molar-refractivity contribution in [3.63, 3.8) is 0 Å². The van der Waals surface area contributed by atoms with E-state index in [0.717, 1.165) is 24.8 Å². The van der Waals surface area contributed by atoms with Gasteiger partial charge in [0.25, 0.3) is 0 Å². The standard InChI is InChI=1S/C15H30N2/c1-13(2)5-8-17-9-6-15(7-10-17)12-16-11-14(3)4/h14-16H,1,5-12H2,2-4H3. The van der Waals surface area contributed by atoms with E-state index in [1.54, 1.807) is 0 Å². The average molecular weight is 238 g/mol. The van der Waals surface area contributed by atoms with Crippen LogP contribution in [0.4, 0.5) is 0 Å². The highest BCUT2D eigenvalue weighted by Crippen LogP contribution is 2.17. The summed E-state index contributed by atoms with van der Waals surface area (Å²) in [5.74, 6) is 1.67. The van der Waals surface area contributed by atoms with Crippen LogP contribution in [0.5, 0.6) is 0 Å². The number of hydrogen-bond donors (Lipinski definition) is 1. The van der Waals surface area contributed by atoms with Crippen molar-refractivity contribution in [1.29, 1.82) is 0 Å². The Morgan fingerprint density at radius 2 is 2.00 bits per heavy atom. The Balaban J connectivity index is 2.07. The van der Waals surface area contributed by atoms with Crippen molar-refractivity contribution in [2.75, 3.05) is 32.7 Å². The van der Waals surface area contributed by atoms with E-state index in [4.69, 9.17) is 0 Å². The van der Waals surface area contributed by atoms with E-state index in [1.165, 1.54) is 44.6 Å². The summed E-state index contributed by atoms with van der Waals surface area (Å²) in [5, 5.41) is 3.59. The minimum absolute atomic E-state index is 0.769. The van der Waals surface area contributed by atoms with Crippen molar-refractivity contribution in [2.45, 2.75) is 40.0 Å². The van der Waals surface area contributed by atoms with Gasteiger partial charge in [-0.25, -0.2) is 0 Å². The lowest BCUT2D eigenvalue weighted by molar-refractivity contribution is 0.183. The van der Waals surface area contributed by atoms with E-state index < -0.39 is 0 Å². The number of likely N-dealkylation sites (tertiary alicyclic amines) is 1.